The van der Waals surface area contributed by atoms with Gasteiger partial charge in [0.2, 0.25) is 5.95 Å². The SMILES string of the molecule is N#Cc1ccc(NC(=O)c2cccc(F)n2)cc1Cl. The molecule has 19 heavy (non-hydrogen) atoms. The van der Waals surface area contributed by atoms with Gasteiger partial charge >= 0.3 is 0 Å². The summed E-state index contributed by atoms with van der Waals surface area (Å²) in [5.74, 6) is -1.29. The molecule has 0 aliphatic heterocycles. The zero-order valence-electron chi connectivity index (χ0n) is 9.52. The van der Waals surface area contributed by atoms with E-state index >= 15 is 0 Å². The van der Waals surface area contributed by atoms with E-state index in [4.69, 9.17) is 16.9 Å². The first-order chi connectivity index (χ1) is 9.10. The van der Waals surface area contributed by atoms with Gasteiger partial charge in [0, 0.05) is 5.69 Å². The molecular formula is C13H7ClFN3O. The third-order valence-electron chi connectivity index (χ3n) is 2.30. The van der Waals surface area contributed by atoms with Gasteiger partial charge in [-0.25, -0.2) is 4.98 Å². The lowest BCUT2D eigenvalue weighted by Gasteiger charge is -2.05. The van der Waals surface area contributed by atoms with E-state index < -0.39 is 11.9 Å². The van der Waals surface area contributed by atoms with Crippen molar-refractivity contribution in [1.29, 1.82) is 5.26 Å². The van der Waals surface area contributed by atoms with E-state index in [1.807, 2.05) is 6.07 Å². The predicted molar refractivity (Wildman–Crippen MR) is 68.3 cm³/mol. The molecule has 0 saturated carbocycles. The number of amides is 1. The summed E-state index contributed by atoms with van der Waals surface area (Å²) in [4.78, 5) is 15.2. The fraction of sp³-hybridized carbons (Fsp3) is 0. The molecule has 1 aromatic carbocycles. The summed E-state index contributed by atoms with van der Waals surface area (Å²) in [6, 6.07) is 10.3. The zero-order chi connectivity index (χ0) is 13.8. The number of halogens is 2. The van der Waals surface area contributed by atoms with Gasteiger partial charge < -0.3 is 5.32 Å². The maximum Gasteiger partial charge on any atom is 0.274 e. The van der Waals surface area contributed by atoms with Crippen LogP contribution in [0.1, 0.15) is 16.1 Å². The van der Waals surface area contributed by atoms with Gasteiger partial charge in [0.25, 0.3) is 5.91 Å². The van der Waals surface area contributed by atoms with Crippen LogP contribution in [0, 0.1) is 17.3 Å². The number of anilines is 1. The molecule has 6 heteroatoms. The maximum absolute atomic E-state index is 12.9. The summed E-state index contributed by atoms with van der Waals surface area (Å²) in [7, 11) is 0. The fourth-order valence-corrected chi connectivity index (χ4v) is 1.64. The minimum absolute atomic E-state index is 0.0412. The van der Waals surface area contributed by atoms with Crippen molar-refractivity contribution in [2.75, 3.05) is 5.32 Å². The van der Waals surface area contributed by atoms with E-state index in [9.17, 15) is 9.18 Å². The Morgan fingerprint density at radius 3 is 2.79 bits per heavy atom. The normalized spacial score (nSPS) is 9.74. The van der Waals surface area contributed by atoms with Gasteiger partial charge in [-0.1, -0.05) is 17.7 Å². The summed E-state index contributed by atoms with van der Waals surface area (Å²) >= 11 is 5.83. The third-order valence-corrected chi connectivity index (χ3v) is 2.61. The average Bonchev–Trinajstić information content (AvgIpc) is 2.39. The first-order valence-corrected chi connectivity index (χ1v) is 5.61. The average molecular weight is 276 g/mol. The Balaban J connectivity index is 2.20. The Morgan fingerprint density at radius 1 is 1.37 bits per heavy atom. The molecule has 1 amide bonds. The lowest BCUT2D eigenvalue weighted by atomic mass is 10.2. The van der Waals surface area contributed by atoms with Crippen LogP contribution in [-0.2, 0) is 0 Å². The first-order valence-electron chi connectivity index (χ1n) is 5.23. The highest BCUT2D eigenvalue weighted by atomic mass is 35.5. The summed E-state index contributed by atoms with van der Waals surface area (Å²) in [6.45, 7) is 0. The van der Waals surface area contributed by atoms with Crippen LogP contribution < -0.4 is 5.32 Å². The molecule has 2 aromatic rings. The second-order valence-electron chi connectivity index (χ2n) is 3.61. The van der Waals surface area contributed by atoms with Crippen LogP contribution in [0.15, 0.2) is 36.4 Å². The molecule has 1 N–H and O–H groups in total. The molecule has 94 valence electrons. The van der Waals surface area contributed by atoms with Gasteiger partial charge in [0.05, 0.1) is 10.6 Å². The van der Waals surface area contributed by atoms with E-state index in [0.717, 1.165) is 6.07 Å². The Kier molecular flexibility index (Phi) is 3.74. The maximum atomic E-state index is 12.9. The fourth-order valence-electron chi connectivity index (χ4n) is 1.41. The van der Waals surface area contributed by atoms with Crippen LogP contribution >= 0.6 is 11.6 Å². The molecule has 0 saturated heterocycles. The van der Waals surface area contributed by atoms with Crippen molar-refractivity contribution in [3.8, 4) is 6.07 Å². The van der Waals surface area contributed by atoms with Crippen molar-refractivity contribution < 1.29 is 9.18 Å². The molecule has 0 fully saturated rings. The number of benzene rings is 1. The standard InChI is InChI=1S/C13H7ClFN3O/c14-10-6-9(5-4-8(10)7-16)17-13(19)11-2-1-3-12(15)18-11/h1-6H,(H,17,19). The van der Waals surface area contributed by atoms with Crippen molar-refractivity contribution in [2.45, 2.75) is 0 Å². The second kappa shape index (κ2) is 5.46. The molecule has 1 heterocycles. The summed E-state index contributed by atoms with van der Waals surface area (Å²) < 4.78 is 12.9. The number of nitrogens with zero attached hydrogens (tertiary/aromatic N) is 2. The second-order valence-corrected chi connectivity index (χ2v) is 4.01. The topological polar surface area (TPSA) is 65.8 Å². The minimum Gasteiger partial charge on any atom is -0.321 e. The number of pyridine rings is 1. The van der Waals surface area contributed by atoms with Gasteiger partial charge in [-0.3, -0.25) is 4.79 Å². The van der Waals surface area contributed by atoms with Crippen LogP contribution in [-0.4, -0.2) is 10.9 Å². The van der Waals surface area contributed by atoms with Crippen LogP contribution in [0.3, 0.4) is 0 Å². The molecule has 0 bridgehead atoms. The number of nitrogens with one attached hydrogen (secondary N) is 1. The minimum atomic E-state index is -0.731. The van der Waals surface area contributed by atoms with Gasteiger partial charge in [0.1, 0.15) is 11.8 Å². The van der Waals surface area contributed by atoms with Crippen LogP contribution in [0.25, 0.3) is 0 Å². The van der Waals surface area contributed by atoms with Crippen molar-refractivity contribution in [3.63, 3.8) is 0 Å². The Morgan fingerprint density at radius 2 is 2.16 bits per heavy atom. The Labute approximate surface area is 113 Å². The first kappa shape index (κ1) is 13.0. The number of hydrogen-bond acceptors (Lipinski definition) is 3. The number of nitriles is 1. The smallest absolute Gasteiger partial charge is 0.274 e. The van der Waals surface area contributed by atoms with Gasteiger partial charge in [0.15, 0.2) is 0 Å². The van der Waals surface area contributed by atoms with Crippen LogP contribution in [0.4, 0.5) is 10.1 Å². The highest BCUT2D eigenvalue weighted by Crippen LogP contribution is 2.20. The van der Waals surface area contributed by atoms with E-state index in [2.05, 4.69) is 10.3 Å². The number of carbonyl (C=O) groups is 1. The zero-order valence-corrected chi connectivity index (χ0v) is 10.3. The quantitative estimate of drug-likeness (QED) is 0.857. The van der Waals surface area contributed by atoms with E-state index in [1.54, 1.807) is 0 Å². The summed E-state index contributed by atoms with van der Waals surface area (Å²) in [5.41, 5.74) is 0.670. The van der Waals surface area contributed by atoms with Crippen LogP contribution in [0.5, 0.6) is 0 Å². The van der Waals surface area contributed by atoms with E-state index in [1.165, 1.54) is 30.3 Å². The molecule has 0 aliphatic carbocycles. The van der Waals surface area contributed by atoms with Gasteiger partial charge in [-0.05, 0) is 30.3 Å². The lowest BCUT2D eigenvalue weighted by molar-refractivity contribution is 0.102. The Bertz CT molecular complexity index is 682. The predicted octanol–water partition coefficient (Wildman–Crippen LogP) is 3.00. The monoisotopic (exact) mass is 275 g/mol. The lowest BCUT2D eigenvalue weighted by Crippen LogP contribution is -2.14. The summed E-state index contributed by atoms with van der Waals surface area (Å²) in [5, 5.41) is 11.5. The van der Waals surface area contributed by atoms with Crippen molar-refractivity contribution >= 4 is 23.2 Å². The van der Waals surface area contributed by atoms with Crippen molar-refractivity contribution in [2.24, 2.45) is 0 Å². The molecule has 2 rings (SSSR count). The van der Waals surface area contributed by atoms with Crippen LogP contribution in [0.2, 0.25) is 5.02 Å². The molecule has 0 spiro atoms. The molecular weight excluding hydrogens is 269 g/mol. The number of carbonyl (C=O) groups excluding carboxylic acids is 1. The van der Waals surface area contributed by atoms with Gasteiger partial charge in [-0.2, -0.15) is 9.65 Å². The van der Waals surface area contributed by atoms with Gasteiger partial charge in [-0.15, -0.1) is 0 Å². The molecule has 1 aromatic heterocycles. The Hall–Kier alpha value is -2.45. The molecule has 0 unspecified atom stereocenters. The third kappa shape index (κ3) is 3.06. The van der Waals surface area contributed by atoms with Crippen molar-refractivity contribution in [3.05, 3.63) is 58.6 Å². The molecule has 4 nitrogen and oxygen atoms in total. The number of aromatic nitrogens is 1. The van der Waals surface area contributed by atoms with E-state index in [0.29, 0.717) is 11.3 Å². The number of rotatable bonds is 2. The molecule has 0 aliphatic rings. The highest BCUT2D eigenvalue weighted by Gasteiger charge is 2.09. The largest absolute Gasteiger partial charge is 0.321 e. The van der Waals surface area contributed by atoms with Crippen molar-refractivity contribution in [1.82, 2.24) is 4.98 Å². The van der Waals surface area contributed by atoms with E-state index in [-0.39, 0.29) is 10.7 Å². The molecule has 0 radical (unpaired) electrons. The summed E-state index contributed by atoms with van der Waals surface area (Å²) in [6.07, 6.45) is 0. The highest BCUT2D eigenvalue weighted by molar-refractivity contribution is 6.32. The molecule has 0 atom stereocenters. The number of hydrogen-bond donors (Lipinski definition) is 1.